The molecular weight excluding hydrogens is 656 g/mol. The van der Waals surface area contributed by atoms with E-state index in [0.29, 0.717) is 11.5 Å². The van der Waals surface area contributed by atoms with Crippen LogP contribution in [0.2, 0.25) is 0 Å². The van der Waals surface area contributed by atoms with Crippen molar-refractivity contribution in [1.29, 1.82) is 0 Å². The Kier molecular flexibility index (Phi) is 12.0. The van der Waals surface area contributed by atoms with E-state index in [1.807, 2.05) is 55.5 Å². The summed E-state index contributed by atoms with van der Waals surface area (Å²) in [6.07, 6.45) is 3.02. The van der Waals surface area contributed by atoms with Gasteiger partial charge in [-0.05, 0) is 114 Å². The highest BCUT2D eigenvalue weighted by atomic mass is 16.7. The molecule has 0 saturated carbocycles. The average molecular weight is 693 g/mol. The molecule has 0 amide bonds. The van der Waals surface area contributed by atoms with Gasteiger partial charge in [0.2, 0.25) is 6.79 Å². The Morgan fingerprint density at radius 1 is 0.538 bits per heavy atom. The van der Waals surface area contributed by atoms with Crippen molar-refractivity contribution in [2.24, 2.45) is 0 Å². The van der Waals surface area contributed by atoms with Crippen molar-refractivity contribution in [2.75, 3.05) is 6.79 Å². The molecule has 0 atom stereocenters. The topological polar surface area (TPSA) is 97.4 Å². The van der Waals surface area contributed by atoms with Gasteiger partial charge in [-0.15, -0.1) is 0 Å². The van der Waals surface area contributed by atoms with E-state index in [2.05, 4.69) is 44.0 Å². The summed E-state index contributed by atoms with van der Waals surface area (Å²) in [5, 5.41) is 0. The van der Waals surface area contributed by atoms with Gasteiger partial charge < -0.3 is 23.7 Å². The fraction of sp³-hybridized carbons (Fsp3) is 0.0682. The number of rotatable bonds is 14. The number of carbonyl (C=O) groups excluding carboxylic acids is 3. The first-order valence-electron chi connectivity index (χ1n) is 16.2. The normalized spacial score (nSPS) is 10.6. The van der Waals surface area contributed by atoms with Gasteiger partial charge in [0.05, 0.1) is 5.56 Å². The Hall–Kier alpha value is -6.93. The number of hydrogen-bond donors (Lipinski definition) is 0. The van der Waals surface area contributed by atoms with Crippen LogP contribution in [0.5, 0.6) is 23.0 Å². The van der Waals surface area contributed by atoms with Gasteiger partial charge in [-0.25, -0.2) is 14.4 Å². The Bertz CT molecular complexity index is 2110. The molecule has 5 aromatic rings. The molecule has 0 aliphatic heterocycles. The van der Waals surface area contributed by atoms with Gasteiger partial charge in [-0.3, -0.25) is 0 Å². The van der Waals surface area contributed by atoms with Gasteiger partial charge in [0.15, 0.2) is 0 Å². The maximum absolute atomic E-state index is 12.5. The molecule has 260 valence electrons. The van der Waals surface area contributed by atoms with Crippen molar-refractivity contribution in [3.05, 3.63) is 175 Å². The highest BCUT2D eigenvalue weighted by Crippen LogP contribution is 2.27. The monoisotopic (exact) mass is 692 g/mol. The molecule has 0 unspecified atom stereocenters. The lowest BCUT2D eigenvalue weighted by Gasteiger charge is -2.11. The highest BCUT2D eigenvalue weighted by molar-refractivity contribution is 5.92. The molecule has 5 aromatic carbocycles. The van der Waals surface area contributed by atoms with Gasteiger partial charge in [0.25, 0.3) is 0 Å². The van der Waals surface area contributed by atoms with Gasteiger partial charge >= 0.3 is 17.9 Å². The molecule has 0 fully saturated rings. The zero-order chi connectivity index (χ0) is 37.0. The van der Waals surface area contributed by atoms with Crippen LogP contribution in [-0.2, 0) is 14.3 Å². The van der Waals surface area contributed by atoms with Crippen LogP contribution in [0, 0.1) is 0 Å². The minimum atomic E-state index is -0.601. The van der Waals surface area contributed by atoms with Crippen LogP contribution >= 0.6 is 0 Å². The van der Waals surface area contributed by atoms with Gasteiger partial charge in [0, 0.05) is 11.6 Å². The lowest BCUT2D eigenvalue weighted by atomic mass is 9.99. The number of allylic oxidation sites excluding steroid dienone is 1. The van der Waals surface area contributed by atoms with Crippen molar-refractivity contribution in [1.82, 2.24) is 0 Å². The van der Waals surface area contributed by atoms with Crippen LogP contribution < -0.4 is 18.9 Å². The molecule has 52 heavy (non-hydrogen) atoms. The van der Waals surface area contributed by atoms with E-state index < -0.39 is 17.9 Å². The number of carbonyl (C=O) groups is 3. The molecule has 0 N–H and O–H groups in total. The van der Waals surface area contributed by atoms with Crippen LogP contribution in [0.25, 0.3) is 28.3 Å². The van der Waals surface area contributed by atoms with Crippen molar-refractivity contribution in [3.63, 3.8) is 0 Å². The third-order valence-corrected chi connectivity index (χ3v) is 7.56. The molecule has 0 spiro atoms. The number of hydrogen-bond acceptors (Lipinski definition) is 8. The minimum Gasteiger partial charge on any atom is -0.458 e. The van der Waals surface area contributed by atoms with E-state index in [1.165, 1.54) is 54.6 Å². The zero-order valence-corrected chi connectivity index (χ0v) is 28.8. The lowest BCUT2D eigenvalue weighted by molar-refractivity contribution is -0.130. The van der Waals surface area contributed by atoms with E-state index in [4.69, 9.17) is 23.7 Å². The molecule has 0 saturated heterocycles. The number of benzene rings is 5. The first kappa shape index (κ1) is 36.4. The summed E-state index contributed by atoms with van der Waals surface area (Å²) in [6.45, 7) is 14.5. The fourth-order valence-corrected chi connectivity index (χ4v) is 4.59. The van der Waals surface area contributed by atoms with Gasteiger partial charge in [-0.1, -0.05) is 80.4 Å². The molecule has 0 aromatic heterocycles. The van der Waals surface area contributed by atoms with E-state index in [0.717, 1.165) is 33.4 Å². The SMILES string of the molecule is C=C(C)C(=C)OCOc1ccc(-c2ccc(-c3ccc(/C=C/C(=O)Oc4ccc(OC(=O)c5ccc(OC(=O)C(=C)C)cc5)cc4)cc3)cc2)cc1. The van der Waals surface area contributed by atoms with Gasteiger partial charge in [0.1, 0.15) is 28.8 Å². The largest absolute Gasteiger partial charge is 0.458 e. The van der Waals surface area contributed by atoms with Crippen LogP contribution in [-0.4, -0.2) is 24.7 Å². The summed E-state index contributed by atoms with van der Waals surface area (Å²) < 4.78 is 26.9. The Morgan fingerprint density at radius 3 is 1.50 bits per heavy atom. The van der Waals surface area contributed by atoms with E-state index in [1.54, 1.807) is 13.0 Å². The number of ether oxygens (including phenoxy) is 5. The van der Waals surface area contributed by atoms with Crippen LogP contribution in [0.3, 0.4) is 0 Å². The highest BCUT2D eigenvalue weighted by Gasteiger charge is 2.11. The second-order valence-corrected chi connectivity index (χ2v) is 11.6. The standard InChI is InChI=1S/C44H36O8/c1-29(2)31(5)48-28-49-38-19-15-36(16-20-38)35-13-11-34(12-14-35)33-9-6-32(7-10-33)8-27-42(45)50-39-23-25-41(26-24-39)52-44(47)37-17-21-40(22-18-37)51-43(46)30(3)4/h6-27H,1,3,5,28H2,2,4H3/b27-8+. The Morgan fingerprint density at radius 2 is 0.981 bits per heavy atom. The van der Waals surface area contributed by atoms with Crippen LogP contribution in [0.4, 0.5) is 0 Å². The number of esters is 3. The minimum absolute atomic E-state index is 0.0635. The lowest BCUT2D eigenvalue weighted by Crippen LogP contribution is -2.10. The quantitative estimate of drug-likeness (QED) is 0.0283. The molecule has 0 heterocycles. The summed E-state index contributed by atoms with van der Waals surface area (Å²) in [5.74, 6) is 0.315. The average Bonchev–Trinajstić information content (AvgIpc) is 3.15. The van der Waals surface area contributed by atoms with Crippen LogP contribution in [0.1, 0.15) is 29.8 Å². The summed E-state index contributed by atoms with van der Waals surface area (Å²) in [6, 6.07) is 35.9. The van der Waals surface area contributed by atoms with E-state index in [9.17, 15) is 14.4 Å². The summed E-state index contributed by atoms with van der Waals surface area (Å²) in [4.78, 5) is 36.6. The Balaban J connectivity index is 1.08. The van der Waals surface area contributed by atoms with Crippen LogP contribution in [0.15, 0.2) is 164 Å². The zero-order valence-electron chi connectivity index (χ0n) is 28.8. The molecule has 5 rings (SSSR count). The molecule has 0 radical (unpaired) electrons. The molecule has 0 bridgehead atoms. The van der Waals surface area contributed by atoms with Crippen molar-refractivity contribution >= 4 is 24.0 Å². The molecular formula is C44H36O8. The summed E-state index contributed by atoms with van der Waals surface area (Å²) in [5.41, 5.74) is 6.34. The summed E-state index contributed by atoms with van der Waals surface area (Å²) >= 11 is 0. The first-order valence-corrected chi connectivity index (χ1v) is 16.2. The smallest absolute Gasteiger partial charge is 0.343 e. The second kappa shape index (κ2) is 17.1. The third kappa shape index (κ3) is 10.3. The third-order valence-electron chi connectivity index (χ3n) is 7.56. The molecule has 0 aliphatic rings. The maximum atomic E-state index is 12.5. The Labute approximate surface area is 302 Å². The molecule has 0 aliphatic carbocycles. The predicted molar refractivity (Wildman–Crippen MR) is 201 cm³/mol. The van der Waals surface area contributed by atoms with Crippen molar-refractivity contribution in [2.45, 2.75) is 13.8 Å². The molecule has 8 nitrogen and oxygen atoms in total. The first-order chi connectivity index (χ1) is 25.0. The second-order valence-electron chi connectivity index (χ2n) is 11.6. The maximum Gasteiger partial charge on any atom is 0.343 e. The van der Waals surface area contributed by atoms with E-state index in [-0.39, 0.29) is 35.2 Å². The van der Waals surface area contributed by atoms with Crippen molar-refractivity contribution in [3.8, 4) is 45.3 Å². The fourth-order valence-electron chi connectivity index (χ4n) is 4.59. The van der Waals surface area contributed by atoms with E-state index >= 15 is 0 Å². The summed E-state index contributed by atoms with van der Waals surface area (Å²) in [7, 11) is 0. The van der Waals surface area contributed by atoms with Crippen molar-refractivity contribution < 1.29 is 38.1 Å². The predicted octanol–water partition coefficient (Wildman–Crippen LogP) is 9.78. The van der Waals surface area contributed by atoms with Gasteiger partial charge in [-0.2, -0.15) is 0 Å². The molecule has 8 heteroatoms.